The van der Waals surface area contributed by atoms with Crippen LogP contribution in [-0.4, -0.2) is 24.5 Å². The lowest BCUT2D eigenvalue weighted by molar-refractivity contribution is -0.118. The second-order valence-electron chi connectivity index (χ2n) is 7.45. The Kier molecular flexibility index (Phi) is 4.77. The van der Waals surface area contributed by atoms with Gasteiger partial charge in [0.15, 0.2) is 0 Å². The fraction of sp³-hybridized carbons (Fsp3) is 0.455. The van der Waals surface area contributed by atoms with Gasteiger partial charge < -0.3 is 10.2 Å². The maximum Gasteiger partial charge on any atom is 0.227 e. The topological polar surface area (TPSA) is 45.2 Å². The molecule has 4 nitrogen and oxygen atoms in total. The van der Waals surface area contributed by atoms with E-state index in [0.717, 1.165) is 31.5 Å². The molecule has 2 aromatic rings. The van der Waals surface area contributed by atoms with Crippen molar-refractivity contribution in [3.8, 4) is 11.1 Å². The number of rotatable bonds is 4. The lowest BCUT2D eigenvalue weighted by Gasteiger charge is -2.29. The molecule has 2 heterocycles. The number of amides is 1. The Morgan fingerprint density at radius 3 is 2.96 bits per heavy atom. The van der Waals surface area contributed by atoms with Crippen LogP contribution in [0.15, 0.2) is 30.6 Å². The second kappa shape index (κ2) is 7.20. The van der Waals surface area contributed by atoms with Crippen LogP contribution in [-0.2, 0) is 17.6 Å². The number of pyridine rings is 1. The summed E-state index contributed by atoms with van der Waals surface area (Å²) in [6, 6.07) is 6.93. The maximum absolute atomic E-state index is 11.9. The van der Waals surface area contributed by atoms with E-state index in [1.54, 1.807) is 4.90 Å². The van der Waals surface area contributed by atoms with Crippen molar-refractivity contribution in [2.75, 3.05) is 18.5 Å². The molecule has 1 atom stereocenters. The summed E-state index contributed by atoms with van der Waals surface area (Å²) < 4.78 is 0. The summed E-state index contributed by atoms with van der Waals surface area (Å²) in [5, 5.41) is 3.68. The fourth-order valence-electron chi connectivity index (χ4n) is 4.32. The molecule has 1 aliphatic heterocycles. The van der Waals surface area contributed by atoms with Crippen LogP contribution in [0.5, 0.6) is 0 Å². The third-order valence-electron chi connectivity index (χ3n) is 5.76. The fourth-order valence-corrected chi connectivity index (χ4v) is 4.32. The van der Waals surface area contributed by atoms with Crippen LogP contribution in [0.4, 0.5) is 5.69 Å². The molecule has 0 unspecified atom stereocenters. The normalized spacial score (nSPS) is 19.2. The molecule has 2 aliphatic rings. The molecule has 1 N–H and O–H groups in total. The molecule has 26 heavy (non-hydrogen) atoms. The van der Waals surface area contributed by atoms with Crippen molar-refractivity contribution in [3.05, 3.63) is 47.3 Å². The van der Waals surface area contributed by atoms with E-state index in [4.69, 9.17) is 0 Å². The minimum atomic E-state index is 0.203. The van der Waals surface area contributed by atoms with Gasteiger partial charge in [-0.3, -0.25) is 9.78 Å². The van der Waals surface area contributed by atoms with Crippen molar-refractivity contribution in [2.45, 2.75) is 51.5 Å². The van der Waals surface area contributed by atoms with E-state index < -0.39 is 0 Å². The number of carbonyl (C=O) groups is 1. The Balaban J connectivity index is 1.72. The minimum absolute atomic E-state index is 0.203. The predicted octanol–water partition coefficient (Wildman–Crippen LogP) is 4.03. The summed E-state index contributed by atoms with van der Waals surface area (Å²) in [5.41, 5.74) is 7.61. The largest absolute Gasteiger partial charge is 0.315 e. The number of hydrogen-bond donors (Lipinski definition) is 1. The first kappa shape index (κ1) is 17.2. The molecule has 4 heteroatoms. The summed E-state index contributed by atoms with van der Waals surface area (Å²) in [6.07, 6.45) is 10.2. The van der Waals surface area contributed by atoms with Crippen LogP contribution in [0.3, 0.4) is 0 Å². The number of aromatic nitrogens is 1. The Labute approximate surface area is 155 Å². The lowest BCUT2D eigenvalue weighted by atomic mass is 9.84. The zero-order valence-electron chi connectivity index (χ0n) is 15.7. The number of nitrogens with zero attached hydrogens (tertiary/aromatic N) is 2. The Hall–Kier alpha value is -2.20. The van der Waals surface area contributed by atoms with E-state index in [1.165, 1.54) is 40.7 Å². The van der Waals surface area contributed by atoms with Gasteiger partial charge in [0.2, 0.25) is 5.91 Å². The molecule has 4 rings (SSSR count). The van der Waals surface area contributed by atoms with Gasteiger partial charge >= 0.3 is 0 Å². The molecule has 1 aromatic heterocycles. The van der Waals surface area contributed by atoms with Crippen LogP contribution in [0.2, 0.25) is 0 Å². The van der Waals surface area contributed by atoms with Crippen molar-refractivity contribution >= 4 is 11.6 Å². The monoisotopic (exact) mass is 349 g/mol. The summed E-state index contributed by atoms with van der Waals surface area (Å²) in [6.45, 7) is 3.26. The van der Waals surface area contributed by atoms with Gasteiger partial charge in [0.05, 0.1) is 0 Å². The molecular formula is C22H27N3O. The summed E-state index contributed by atoms with van der Waals surface area (Å²) in [5.74, 6) is 0.203. The Morgan fingerprint density at radius 2 is 2.12 bits per heavy atom. The van der Waals surface area contributed by atoms with Gasteiger partial charge in [-0.2, -0.15) is 0 Å². The molecular weight excluding hydrogens is 322 g/mol. The first-order valence-electron chi connectivity index (χ1n) is 9.79. The van der Waals surface area contributed by atoms with E-state index in [2.05, 4.69) is 41.6 Å². The first-order chi connectivity index (χ1) is 12.7. The number of anilines is 1. The molecule has 1 aromatic carbocycles. The van der Waals surface area contributed by atoms with Gasteiger partial charge in [-0.25, -0.2) is 0 Å². The van der Waals surface area contributed by atoms with E-state index in [9.17, 15) is 4.79 Å². The van der Waals surface area contributed by atoms with E-state index in [-0.39, 0.29) is 5.91 Å². The van der Waals surface area contributed by atoms with Crippen LogP contribution in [0.1, 0.15) is 55.3 Å². The van der Waals surface area contributed by atoms with Gasteiger partial charge in [-0.1, -0.05) is 13.0 Å². The number of hydrogen-bond acceptors (Lipinski definition) is 3. The molecule has 0 radical (unpaired) electrons. The predicted molar refractivity (Wildman–Crippen MR) is 105 cm³/mol. The zero-order valence-corrected chi connectivity index (χ0v) is 15.7. The Bertz CT molecular complexity index is 830. The highest BCUT2D eigenvalue weighted by Crippen LogP contribution is 2.37. The average Bonchev–Trinajstić information content (AvgIpc) is 2.68. The van der Waals surface area contributed by atoms with Gasteiger partial charge in [-0.05, 0) is 73.0 Å². The smallest absolute Gasteiger partial charge is 0.227 e. The van der Waals surface area contributed by atoms with Crippen LogP contribution >= 0.6 is 0 Å². The molecule has 136 valence electrons. The minimum Gasteiger partial charge on any atom is -0.315 e. The summed E-state index contributed by atoms with van der Waals surface area (Å²) >= 11 is 0. The van der Waals surface area contributed by atoms with E-state index in [0.29, 0.717) is 12.5 Å². The van der Waals surface area contributed by atoms with Gasteiger partial charge in [-0.15, -0.1) is 0 Å². The van der Waals surface area contributed by atoms with E-state index >= 15 is 0 Å². The molecule has 0 bridgehead atoms. The lowest BCUT2D eigenvalue weighted by Crippen LogP contribution is -2.31. The number of carbonyl (C=O) groups excluding carboxylic acids is 1. The number of benzene rings is 1. The number of fused-ring (bicyclic) bond motifs is 2. The van der Waals surface area contributed by atoms with Crippen molar-refractivity contribution in [2.24, 2.45) is 0 Å². The van der Waals surface area contributed by atoms with Crippen LogP contribution in [0.25, 0.3) is 11.1 Å². The quantitative estimate of drug-likeness (QED) is 0.906. The van der Waals surface area contributed by atoms with Gasteiger partial charge in [0.1, 0.15) is 0 Å². The highest BCUT2D eigenvalue weighted by molar-refractivity contribution is 5.96. The molecule has 0 saturated carbocycles. The average molecular weight is 349 g/mol. The third-order valence-corrected chi connectivity index (χ3v) is 5.76. The summed E-state index contributed by atoms with van der Waals surface area (Å²) in [4.78, 5) is 18.3. The number of nitrogens with one attached hydrogen (secondary N) is 1. The molecule has 0 saturated heterocycles. The second-order valence-corrected chi connectivity index (χ2v) is 7.45. The highest BCUT2D eigenvalue weighted by atomic mass is 16.2. The van der Waals surface area contributed by atoms with Crippen molar-refractivity contribution in [1.82, 2.24) is 10.3 Å². The van der Waals surface area contributed by atoms with E-state index in [1.807, 2.05) is 13.2 Å². The van der Waals surface area contributed by atoms with Crippen LogP contribution < -0.4 is 10.2 Å². The van der Waals surface area contributed by atoms with Crippen molar-refractivity contribution in [1.29, 1.82) is 0 Å². The standard InChI is InChI=1S/C22H27N3O/c1-3-11-24-20-6-4-5-17-18(13-23-14-19(17)20)15-7-9-21-16(12-15)8-10-22(26)25(21)2/h7,9,12-14,20,24H,3-6,8,10-11H2,1-2H3/t20-/m0/s1. The molecule has 0 fully saturated rings. The maximum atomic E-state index is 11.9. The summed E-state index contributed by atoms with van der Waals surface area (Å²) in [7, 11) is 1.87. The molecule has 1 aliphatic carbocycles. The highest BCUT2D eigenvalue weighted by Gasteiger charge is 2.24. The number of aryl methyl sites for hydroxylation is 1. The zero-order chi connectivity index (χ0) is 18.1. The Morgan fingerprint density at radius 1 is 1.23 bits per heavy atom. The third kappa shape index (κ3) is 3.03. The van der Waals surface area contributed by atoms with Crippen LogP contribution in [0, 0.1) is 0 Å². The molecule has 0 spiro atoms. The van der Waals surface area contributed by atoms with Crippen molar-refractivity contribution < 1.29 is 4.79 Å². The first-order valence-corrected chi connectivity index (χ1v) is 9.79. The van der Waals surface area contributed by atoms with Gasteiger partial charge in [0, 0.05) is 43.2 Å². The van der Waals surface area contributed by atoms with Gasteiger partial charge in [0.25, 0.3) is 0 Å². The van der Waals surface area contributed by atoms with Crippen molar-refractivity contribution in [3.63, 3.8) is 0 Å². The molecule has 1 amide bonds. The SMILES string of the molecule is CCCN[C@H]1CCCc2c(-c3ccc4c(c3)CCC(=O)N4C)cncc21.